The van der Waals surface area contributed by atoms with Crippen LogP contribution in [0.15, 0.2) is 48.5 Å². The molecule has 0 fully saturated rings. The van der Waals surface area contributed by atoms with Crippen LogP contribution in [0.5, 0.6) is 11.5 Å². The zero-order valence-corrected chi connectivity index (χ0v) is 11.3. The molecule has 2 rings (SSSR count). The number of hydrogen-bond acceptors (Lipinski definition) is 3. The molecule has 0 radical (unpaired) electrons. The van der Waals surface area contributed by atoms with Crippen molar-refractivity contribution >= 4 is 5.69 Å². The molecule has 112 valence electrons. The predicted molar refractivity (Wildman–Crippen MR) is 73.4 cm³/mol. The van der Waals surface area contributed by atoms with Crippen molar-refractivity contribution in [1.29, 1.82) is 0 Å². The summed E-state index contributed by atoms with van der Waals surface area (Å²) in [6, 6.07) is 13.1. The molecule has 0 saturated carbocycles. The summed E-state index contributed by atoms with van der Waals surface area (Å²) in [5.74, 6) is 0.532. The van der Waals surface area contributed by atoms with Gasteiger partial charge in [0.2, 0.25) is 0 Å². The summed E-state index contributed by atoms with van der Waals surface area (Å²) in [7, 11) is 1.59. The Morgan fingerprint density at radius 3 is 2.00 bits per heavy atom. The highest BCUT2D eigenvalue weighted by molar-refractivity contribution is 5.46. The SMILES string of the molecule is COc1ccc(NCc2ccc(OC(F)(F)F)cc2)cc1. The molecule has 2 aromatic rings. The second-order valence-electron chi connectivity index (χ2n) is 4.27. The summed E-state index contributed by atoms with van der Waals surface area (Å²) in [5.41, 5.74) is 1.74. The lowest BCUT2D eigenvalue weighted by Gasteiger charge is -2.10. The Morgan fingerprint density at radius 2 is 1.48 bits per heavy atom. The first-order valence-corrected chi connectivity index (χ1v) is 6.19. The minimum Gasteiger partial charge on any atom is -0.497 e. The number of hydrogen-bond donors (Lipinski definition) is 1. The third kappa shape index (κ3) is 4.91. The van der Waals surface area contributed by atoms with Crippen molar-refractivity contribution in [2.75, 3.05) is 12.4 Å². The van der Waals surface area contributed by atoms with Crippen LogP contribution >= 0.6 is 0 Å². The van der Waals surface area contributed by atoms with E-state index in [1.165, 1.54) is 12.1 Å². The minimum atomic E-state index is -4.66. The lowest BCUT2D eigenvalue weighted by molar-refractivity contribution is -0.274. The molecule has 2 aromatic carbocycles. The van der Waals surface area contributed by atoms with E-state index in [4.69, 9.17) is 4.74 Å². The van der Waals surface area contributed by atoms with E-state index in [-0.39, 0.29) is 5.75 Å². The van der Waals surface area contributed by atoms with Crippen molar-refractivity contribution in [3.63, 3.8) is 0 Å². The maximum atomic E-state index is 12.0. The standard InChI is InChI=1S/C15H14F3NO2/c1-20-13-8-4-12(5-9-13)19-10-11-2-6-14(7-3-11)21-15(16,17)18/h2-9,19H,10H2,1H3. The third-order valence-electron chi connectivity index (χ3n) is 2.74. The predicted octanol–water partition coefficient (Wildman–Crippen LogP) is 4.21. The van der Waals surface area contributed by atoms with Crippen LogP contribution in [0.25, 0.3) is 0 Å². The highest BCUT2D eigenvalue weighted by Crippen LogP contribution is 2.23. The number of alkyl halides is 3. The molecule has 3 nitrogen and oxygen atoms in total. The first-order chi connectivity index (χ1) is 9.96. The highest BCUT2D eigenvalue weighted by Gasteiger charge is 2.30. The van der Waals surface area contributed by atoms with Gasteiger partial charge in [-0.1, -0.05) is 12.1 Å². The number of halogens is 3. The van der Waals surface area contributed by atoms with Crippen molar-refractivity contribution in [2.24, 2.45) is 0 Å². The Labute approximate surface area is 120 Å². The van der Waals surface area contributed by atoms with Gasteiger partial charge < -0.3 is 14.8 Å². The van der Waals surface area contributed by atoms with E-state index in [0.29, 0.717) is 6.54 Å². The molecule has 0 saturated heterocycles. The van der Waals surface area contributed by atoms with E-state index in [2.05, 4.69) is 10.1 Å². The number of benzene rings is 2. The van der Waals surface area contributed by atoms with Crippen LogP contribution in [-0.2, 0) is 6.54 Å². The van der Waals surface area contributed by atoms with E-state index in [1.807, 2.05) is 24.3 Å². The smallest absolute Gasteiger partial charge is 0.497 e. The largest absolute Gasteiger partial charge is 0.573 e. The van der Waals surface area contributed by atoms with Crippen LogP contribution in [0, 0.1) is 0 Å². The second-order valence-corrected chi connectivity index (χ2v) is 4.27. The average molecular weight is 297 g/mol. The van der Waals surface area contributed by atoms with E-state index in [0.717, 1.165) is 17.0 Å². The fourth-order valence-electron chi connectivity index (χ4n) is 1.72. The number of methoxy groups -OCH3 is 1. The van der Waals surface area contributed by atoms with Gasteiger partial charge >= 0.3 is 6.36 Å². The highest BCUT2D eigenvalue weighted by atomic mass is 19.4. The number of rotatable bonds is 5. The molecule has 0 aliphatic carbocycles. The molecule has 0 atom stereocenters. The van der Waals surface area contributed by atoms with Crippen molar-refractivity contribution in [1.82, 2.24) is 0 Å². The first-order valence-electron chi connectivity index (χ1n) is 6.19. The zero-order chi connectivity index (χ0) is 15.3. The Morgan fingerprint density at radius 1 is 0.905 bits per heavy atom. The minimum absolute atomic E-state index is 0.226. The van der Waals surface area contributed by atoms with Crippen LogP contribution in [0.1, 0.15) is 5.56 Å². The number of anilines is 1. The van der Waals surface area contributed by atoms with Gasteiger partial charge in [0, 0.05) is 12.2 Å². The molecule has 6 heteroatoms. The van der Waals surface area contributed by atoms with Gasteiger partial charge in [0.15, 0.2) is 0 Å². The molecule has 0 aliphatic rings. The molecule has 0 unspecified atom stereocenters. The third-order valence-corrected chi connectivity index (χ3v) is 2.74. The first kappa shape index (κ1) is 15.0. The van der Waals surface area contributed by atoms with Crippen molar-refractivity contribution in [3.05, 3.63) is 54.1 Å². The van der Waals surface area contributed by atoms with Gasteiger partial charge in [0.25, 0.3) is 0 Å². The molecule has 1 N–H and O–H groups in total. The summed E-state index contributed by atoms with van der Waals surface area (Å²) in [4.78, 5) is 0. The topological polar surface area (TPSA) is 30.5 Å². The van der Waals surface area contributed by atoms with Crippen molar-refractivity contribution < 1.29 is 22.6 Å². The summed E-state index contributed by atoms with van der Waals surface area (Å²) in [6.45, 7) is 0.499. The van der Waals surface area contributed by atoms with E-state index in [1.54, 1.807) is 19.2 Å². The quantitative estimate of drug-likeness (QED) is 0.897. The van der Waals surface area contributed by atoms with Gasteiger partial charge in [-0.3, -0.25) is 0 Å². The van der Waals surface area contributed by atoms with Crippen molar-refractivity contribution in [3.8, 4) is 11.5 Å². The fraction of sp³-hybridized carbons (Fsp3) is 0.200. The van der Waals surface area contributed by atoms with Gasteiger partial charge in [-0.25, -0.2) is 0 Å². The molecule has 0 bridgehead atoms. The number of nitrogens with one attached hydrogen (secondary N) is 1. The molecule has 0 aliphatic heterocycles. The summed E-state index contributed by atoms with van der Waals surface area (Å²) in [6.07, 6.45) is -4.66. The zero-order valence-electron chi connectivity index (χ0n) is 11.3. The van der Waals surface area contributed by atoms with E-state index < -0.39 is 6.36 Å². The monoisotopic (exact) mass is 297 g/mol. The summed E-state index contributed by atoms with van der Waals surface area (Å²) >= 11 is 0. The summed E-state index contributed by atoms with van der Waals surface area (Å²) in [5, 5.41) is 3.16. The normalized spacial score (nSPS) is 11.0. The molecule has 0 heterocycles. The average Bonchev–Trinajstić information content (AvgIpc) is 2.45. The van der Waals surface area contributed by atoms with E-state index in [9.17, 15) is 13.2 Å². The van der Waals surface area contributed by atoms with Crippen LogP contribution in [0.2, 0.25) is 0 Å². The Kier molecular flexibility index (Phi) is 4.57. The van der Waals surface area contributed by atoms with E-state index >= 15 is 0 Å². The molecule has 0 aromatic heterocycles. The van der Waals surface area contributed by atoms with Crippen LogP contribution < -0.4 is 14.8 Å². The Balaban J connectivity index is 1.91. The molecular weight excluding hydrogens is 283 g/mol. The molecule has 0 spiro atoms. The molecule has 0 amide bonds. The van der Waals surface area contributed by atoms with Gasteiger partial charge in [-0.15, -0.1) is 13.2 Å². The van der Waals surface area contributed by atoms with Crippen LogP contribution in [0.4, 0.5) is 18.9 Å². The maximum absolute atomic E-state index is 12.0. The molecular formula is C15H14F3NO2. The van der Waals surface area contributed by atoms with Gasteiger partial charge in [0.1, 0.15) is 11.5 Å². The van der Waals surface area contributed by atoms with Crippen molar-refractivity contribution in [2.45, 2.75) is 12.9 Å². The maximum Gasteiger partial charge on any atom is 0.573 e. The lowest BCUT2D eigenvalue weighted by Crippen LogP contribution is -2.17. The van der Waals surface area contributed by atoms with Crippen LogP contribution in [-0.4, -0.2) is 13.5 Å². The Bertz CT molecular complexity index is 565. The van der Waals surface area contributed by atoms with Gasteiger partial charge in [-0.2, -0.15) is 0 Å². The molecule has 21 heavy (non-hydrogen) atoms. The Hall–Kier alpha value is -2.37. The number of ether oxygens (including phenoxy) is 2. The fourth-order valence-corrected chi connectivity index (χ4v) is 1.72. The lowest BCUT2D eigenvalue weighted by atomic mass is 10.2. The second kappa shape index (κ2) is 6.39. The van der Waals surface area contributed by atoms with Gasteiger partial charge in [0.05, 0.1) is 7.11 Å². The summed E-state index contributed by atoms with van der Waals surface area (Å²) < 4.78 is 44.9. The van der Waals surface area contributed by atoms with Crippen LogP contribution in [0.3, 0.4) is 0 Å². The van der Waals surface area contributed by atoms with Gasteiger partial charge in [-0.05, 0) is 42.0 Å².